The van der Waals surface area contributed by atoms with Gasteiger partial charge >= 0.3 is 6.09 Å². The van der Waals surface area contributed by atoms with Crippen molar-refractivity contribution in [2.45, 2.75) is 45.3 Å². The minimum absolute atomic E-state index is 0.105. The first-order valence-electron chi connectivity index (χ1n) is 7.35. The van der Waals surface area contributed by atoms with E-state index in [0.717, 1.165) is 0 Å². The Morgan fingerprint density at radius 2 is 1.95 bits per heavy atom. The summed E-state index contributed by atoms with van der Waals surface area (Å²) < 4.78 is 25.4. The fourth-order valence-corrected chi connectivity index (χ4v) is 2.68. The van der Waals surface area contributed by atoms with Crippen molar-refractivity contribution in [2.75, 3.05) is 13.1 Å². The molecular weight excluding hydrogens is 353 g/mol. The molecule has 1 aromatic rings. The van der Waals surface area contributed by atoms with Crippen LogP contribution in [0.1, 0.15) is 33.6 Å². The van der Waals surface area contributed by atoms with Crippen LogP contribution in [-0.2, 0) is 4.74 Å². The van der Waals surface area contributed by atoms with Crippen LogP contribution in [0.25, 0.3) is 0 Å². The summed E-state index contributed by atoms with van der Waals surface area (Å²) in [6, 6.07) is 4.74. The number of piperidine rings is 1. The number of carbonyl (C=O) groups is 1. The standard InChI is InChI=1S/C16H21BrFNO3/c1-16(2,3)22-15(20)19-9-7-11(8-10-19)21-14-12(17)5-4-6-13(14)18/h4-6,11H,7-10H2,1-3H3. The molecule has 122 valence electrons. The molecule has 0 N–H and O–H groups in total. The van der Waals surface area contributed by atoms with Gasteiger partial charge in [-0.05, 0) is 48.8 Å². The maximum Gasteiger partial charge on any atom is 0.410 e. The monoisotopic (exact) mass is 373 g/mol. The van der Waals surface area contributed by atoms with Crippen LogP contribution in [0, 0.1) is 5.82 Å². The lowest BCUT2D eigenvalue weighted by atomic mass is 10.1. The number of amides is 1. The molecule has 2 rings (SSSR count). The van der Waals surface area contributed by atoms with Gasteiger partial charge in [0, 0.05) is 25.9 Å². The molecule has 1 amide bonds. The summed E-state index contributed by atoms with van der Waals surface area (Å²) in [5.74, 6) is -0.151. The Balaban J connectivity index is 1.89. The van der Waals surface area contributed by atoms with Crippen molar-refractivity contribution >= 4 is 22.0 Å². The highest BCUT2D eigenvalue weighted by Gasteiger charge is 2.28. The van der Waals surface area contributed by atoms with Gasteiger partial charge in [0.05, 0.1) is 4.47 Å². The fourth-order valence-electron chi connectivity index (χ4n) is 2.24. The fraction of sp³-hybridized carbons (Fsp3) is 0.562. The second-order valence-corrected chi connectivity index (χ2v) is 7.19. The van der Waals surface area contributed by atoms with E-state index in [1.54, 1.807) is 17.0 Å². The van der Waals surface area contributed by atoms with Crippen molar-refractivity contribution < 1.29 is 18.7 Å². The molecule has 1 heterocycles. The van der Waals surface area contributed by atoms with Crippen molar-refractivity contribution in [1.29, 1.82) is 0 Å². The zero-order valence-corrected chi connectivity index (χ0v) is 14.7. The number of benzene rings is 1. The van der Waals surface area contributed by atoms with Crippen molar-refractivity contribution in [3.05, 3.63) is 28.5 Å². The maximum atomic E-state index is 13.8. The van der Waals surface area contributed by atoms with Crippen LogP contribution in [0.15, 0.2) is 22.7 Å². The number of rotatable bonds is 2. The van der Waals surface area contributed by atoms with E-state index in [1.807, 2.05) is 20.8 Å². The quantitative estimate of drug-likeness (QED) is 0.772. The molecule has 0 radical (unpaired) electrons. The van der Waals surface area contributed by atoms with Gasteiger partial charge in [-0.15, -0.1) is 0 Å². The molecule has 0 aliphatic carbocycles. The largest absolute Gasteiger partial charge is 0.486 e. The zero-order chi connectivity index (χ0) is 16.3. The summed E-state index contributed by atoms with van der Waals surface area (Å²) in [5.41, 5.74) is -0.498. The first-order valence-corrected chi connectivity index (χ1v) is 8.14. The predicted molar refractivity (Wildman–Crippen MR) is 85.6 cm³/mol. The SMILES string of the molecule is CC(C)(C)OC(=O)N1CCC(Oc2c(F)cccc2Br)CC1. The van der Waals surface area contributed by atoms with E-state index in [1.165, 1.54) is 6.07 Å². The molecule has 0 atom stereocenters. The number of halogens is 2. The van der Waals surface area contributed by atoms with Crippen LogP contribution in [0.4, 0.5) is 9.18 Å². The number of ether oxygens (including phenoxy) is 2. The van der Waals surface area contributed by atoms with Gasteiger partial charge in [-0.2, -0.15) is 0 Å². The summed E-state index contributed by atoms with van der Waals surface area (Å²) in [6.45, 7) is 6.63. The van der Waals surface area contributed by atoms with Crippen LogP contribution < -0.4 is 4.74 Å². The topological polar surface area (TPSA) is 38.8 Å². The summed E-state index contributed by atoms with van der Waals surface area (Å²) in [5, 5.41) is 0. The molecular formula is C16H21BrFNO3. The highest BCUT2D eigenvalue weighted by molar-refractivity contribution is 9.10. The van der Waals surface area contributed by atoms with Crippen molar-refractivity contribution in [1.82, 2.24) is 4.90 Å². The lowest BCUT2D eigenvalue weighted by molar-refractivity contribution is 0.0122. The van der Waals surface area contributed by atoms with Crippen molar-refractivity contribution in [3.63, 3.8) is 0 Å². The number of likely N-dealkylation sites (tertiary alicyclic amines) is 1. The Kier molecular flexibility index (Phi) is 5.32. The number of hydrogen-bond donors (Lipinski definition) is 0. The summed E-state index contributed by atoms with van der Waals surface area (Å²) in [4.78, 5) is 13.7. The van der Waals surface area contributed by atoms with Gasteiger partial charge in [-0.3, -0.25) is 0 Å². The molecule has 22 heavy (non-hydrogen) atoms. The van der Waals surface area contributed by atoms with E-state index < -0.39 is 5.60 Å². The number of nitrogens with zero attached hydrogens (tertiary/aromatic N) is 1. The second-order valence-electron chi connectivity index (χ2n) is 6.34. The van der Waals surface area contributed by atoms with E-state index in [2.05, 4.69) is 15.9 Å². The van der Waals surface area contributed by atoms with Gasteiger partial charge in [0.1, 0.15) is 11.7 Å². The van der Waals surface area contributed by atoms with Gasteiger partial charge in [0.2, 0.25) is 0 Å². The number of carbonyl (C=O) groups excluding carboxylic acids is 1. The first-order chi connectivity index (χ1) is 10.3. The Labute approximate surface area is 138 Å². The Bertz CT molecular complexity index is 516. The van der Waals surface area contributed by atoms with Crippen LogP contribution in [0.3, 0.4) is 0 Å². The van der Waals surface area contributed by atoms with Gasteiger partial charge in [-0.25, -0.2) is 9.18 Å². The van der Waals surface area contributed by atoms with Crippen molar-refractivity contribution in [2.24, 2.45) is 0 Å². The lowest BCUT2D eigenvalue weighted by Crippen LogP contribution is -2.44. The van der Waals surface area contributed by atoms with E-state index in [4.69, 9.17) is 9.47 Å². The summed E-state index contributed by atoms with van der Waals surface area (Å²) in [6.07, 6.45) is 0.893. The zero-order valence-electron chi connectivity index (χ0n) is 13.1. The number of hydrogen-bond acceptors (Lipinski definition) is 3. The first kappa shape index (κ1) is 17.1. The molecule has 1 aliphatic heterocycles. The predicted octanol–water partition coefficient (Wildman–Crippen LogP) is 4.37. The van der Waals surface area contributed by atoms with Crippen LogP contribution >= 0.6 is 15.9 Å². The molecule has 0 unspecified atom stereocenters. The van der Waals surface area contributed by atoms with Gasteiger partial charge < -0.3 is 14.4 Å². The van der Waals surface area contributed by atoms with Gasteiger partial charge in [0.25, 0.3) is 0 Å². The van der Waals surface area contributed by atoms with Crippen molar-refractivity contribution in [3.8, 4) is 5.75 Å². The molecule has 0 bridgehead atoms. The molecule has 1 saturated heterocycles. The average Bonchev–Trinajstić information content (AvgIpc) is 2.42. The second kappa shape index (κ2) is 6.86. The van der Waals surface area contributed by atoms with Crippen LogP contribution in [-0.4, -0.2) is 35.8 Å². The molecule has 0 aromatic heterocycles. The number of para-hydroxylation sites is 1. The smallest absolute Gasteiger partial charge is 0.410 e. The minimum Gasteiger partial charge on any atom is -0.486 e. The van der Waals surface area contributed by atoms with E-state index in [-0.39, 0.29) is 23.8 Å². The van der Waals surface area contributed by atoms with E-state index >= 15 is 0 Å². The molecule has 0 spiro atoms. The lowest BCUT2D eigenvalue weighted by Gasteiger charge is -2.33. The third-order valence-electron chi connectivity index (χ3n) is 3.30. The Hall–Kier alpha value is -1.30. The minimum atomic E-state index is -0.498. The maximum absolute atomic E-state index is 13.8. The average molecular weight is 374 g/mol. The molecule has 1 fully saturated rings. The molecule has 1 aromatic carbocycles. The molecule has 6 heteroatoms. The third-order valence-corrected chi connectivity index (χ3v) is 3.92. The Morgan fingerprint density at radius 3 is 2.50 bits per heavy atom. The summed E-state index contributed by atoms with van der Waals surface area (Å²) in [7, 11) is 0. The van der Waals surface area contributed by atoms with E-state index in [0.29, 0.717) is 30.4 Å². The van der Waals surface area contributed by atoms with Gasteiger partial charge in [-0.1, -0.05) is 6.07 Å². The molecule has 4 nitrogen and oxygen atoms in total. The molecule has 1 aliphatic rings. The normalized spacial score (nSPS) is 16.5. The van der Waals surface area contributed by atoms with Crippen LogP contribution in [0.5, 0.6) is 5.75 Å². The molecule has 0 saturated carbocycles. The van der Waals surface area contributed by atoms with E-state index in [9.17, 15) is 9.18 Å². The third kappa shape index (κ3) is 4.60. The Morgan fingerprint density at radius 1 is 1.32 bits per heavy atom. The highest BCUT2D eigenvalue weighted by Crippen LogP contribution is 2.30. The highest BCUT2D eigenvalue weighted by atomic mass is 79.9. The van der Waals surface area contributed by atoms with Gasteiger partial charge in [0.15, 0.2) is 11.6 Å². The summed E-state index contributed by atoms with van der Waals surface area (Å²) >= 11 is 3.29. The van der Waals surface area contributed by atoms with Crippen LogP contribution in [0.2, 0.25) is 0 Å².